The molecule has 0 aliphatic carbocycles. The van der Waals surface area contributed by atoms with Crippen LogP contribution in [0.5, 0.6) is 0 Å². The average Bonchev–Trinajstić information content (AvgIpc) is 3.09. The molecule has 1 amide bonds. The zero-order chi connectivity index (χ0) is 17.0. The number of nitrogens with zero attached hydrogens (tertiary/aromatic N) is 2. The van der Waals surface area contributed by atoms with Gasteiger partial charge in [-0.15, -0.1) is 11.3 Å². The first kappa shape index (κ1) is 17.5. The molecule has 2 aromatic rings. The molecule has 0 fully saturated rings. The molecule has 0 atom stereocenters. The first-order valence-corrected chi connectivity index (χ1v) is 7.63. The van der Waals surface area contributed by atoms with Crippen LogP contribution in [0, 0.1) is 0 Å². The van der Waals surface area contributed by atoms with E-state index in [1.807, 2.05) is 0 Å². The number of rotatable bonds is 6. The van der Waals surface area contributed by atoms with Gasteiger partial charge in [-0.25, -0.2) is 0 Å². The van der Waals surface area contributed by atoms with Crippen LogP contribution in [0.4, 0.5) is 13.2 Å². The van der Waals surface area contributed by atoms with E-state index in [9.17, 15) is 18.0 Å². The normalized spacial score (nSPS) is 11.7. The van der Waals surface area contributed by atoms with Gasteiger partial charge in [0.2, 0.25) is 0 Å². The van der Waals surface area contributed by atoms with Gasteiger partial charge in [-0.05, 0) is 24.6 Å². The molecule has 2 rings (SSSR count). The van der Waals surface area contributed by atoms with E-state index >= 15 is 0 Å². The van der Waals surface area contributed by atoms with Gasteiger partial charge in [0.25, 0.3) is 5.91 Å². The monoisotopic (exact) mass is 347 g/mol. The van der Waals surface area contributed by atoms with Gasteiger partial charge in [0, 0.05) is 27.3 Å². The zero-order valence-electron chi connectivity index (χ0n) is 12.6. The molecule has 2 heterocycles. The summed E-state index contributed by atoms with van der Waals surface area (Å²) < 4.78 is 44.0. The molecule has 0 aliphatic heterocycles. The standard InChI is InChI=1S/C14H16F3N3O2S/c1-20-12(14(15,16)17)8-9(19-20)10-4-5-11(23-10)13(21)18-6-3-7-22-2/h4-5,8H,3,6-7H2,1-2H3,(H,18,21). The SMILES string of the molecule is COCCCNC(=O)c1ccc(-c2cc(C(F)(F)F)n(C)n2)s1. The first-order valence-electron chi connectivity index (χ1n) is 6.81. The van der Waals surface area contributed by atoms with Crippen LogP contribution in [0.15, 0.2) is 18.2 Å². The van der Waals surface area contributed by atoms with E-state index in [1.54, 1.807) is 19.2 Å². The number of hydrogen-bond acceptors (Lipinski definition) is 4. The topological polar surface area (TPSA) is 56.1 Å². The van der Waals surface area contributed by atoms with Gasteiger partial charge >= 0.3 is 6.18 Å². The van der Waals surface area contributed by atoms with Crippen LogP contribution in [0.1, 0.15) is 21.8 Å². The van der Waals surface area contributed by atoms with Crippen molar-refractivity contribution in [3.05, 3.63) is 28.8 Å². The van der Waals surface area contributed by atoms with Crippen molar-refractivity contribution in [1.82, 2.24) is 15.1 Å². The van der Waals surface area contributed by atoms with Crippen LogP contribution in [-0.2, 0) is 18.0 Å². The molecule has 0 bridgehead atoms. The Labute approximate surface area is 135 Å². The second-order valence-electron chi connectivity index (χ2n) is 4.80. The smallest absolute Gasteiger partial charge is 0.385 e. The van der Waals surface area contributed by atoms with E-state index in [0.29, 0.717) is 29.3 Å². The quantitative estimate of drug-likeness (QED) is 0.818. The van der Waals surface area contributed by atoms with Crippen molar-refractivity contribution in [2.24, 2.45) is 7.05 Å². The summed E-state index contributed by atoms with van der Waals surface area (Å²) in [6.07, 6.45) is -3.77. The van der Waals surface area contributed by atoms with Gasteiger partial charge in [-0.2, -0.15) is 18.3 Å². The first-order chi connectivity index (χ1) is 10.8. The minimum absolute atomic E-state index is 0.197. The Morgan fingerprint density at radius 3 is 2.78 bits per heavy atom. The van der Waals surface area contributed by atoms with Crippen molar-refractivity contribution in [1.29, 1.82) is 0 Å². The zero-order valence-corrected chi connectivity index (χ0v) is 13.4. The van der Waals surface area contributed by atoms with Crippen molar-refractivity contribution in [3.63, 3.8) is 0 Å². The summed E-state index contributed by atoms with van der Waals surface area (Å²) in [7, 11) is 2.82. The molecule has 0 radical (unpaired) electrons. The van der Waals surface area contributed by atoms with Crippen LogP contribution < -0.4 is 5.32 Å². The maximum absolute atomic E-state index is 12.8. The Morgan fingerprint density at radius 2 is 2.17 bits per heavy atom. The predicted molar refractivity (Wildman–Crippen MR) is 80.3 cm³/mol. The van der Waals surface area contributed by atoms with Crippen molar-refractivity contribution in [2.45, 2.75) is 12.6 Å². The van der Waals surface area contributed by atoms with Crippen molar-refractivity contribution < 1.29 is 22.7 Å². The highest BCUT2D eigenvalue weighted by Crippen LogP contribution is 2.34. The Bertz CT molecular complexity index is 679. The molecule has 9 heteroatoms. The van der Waals surface area contributed by atoms with Gasteiger partial charge in [-0.1, -0.05) is 0 Å². The fourth-order valence-electron chi connectivity index (χ4n) is 1.96. The van der Waals surface area contributed by atoms with E-state index in [2.05, 4.69) is 10.4 Å². The molecule has 0 spiro atoms. The van der Waals surface area contributed by atoms with Gasteiger partial charge in [0.05, 0.1) is 9.75 Å². The number of halogens is 3. The van der Waals surface area contributed by atoms with E-state index in [4.69, 9.17) is 4.74 Å². The molecule has 0 saturated carbocycles. The molecule has 1 N–H and O–H groups in total. The fourth-order valence-corrected chi connectivity index (χ4v) is 2.83. The number of alkyl halides is 3. The summed E-state index contributed by atoms with van der Waals surface area (Å²) in [4.78, 5) is 12.9. The van der Waals surface area contributed by atoms with Gasteiger partial charge in [0.1, 0.15) is 11.4 Å². The summed E-state index contributed by atoms with van der Waals surface area (Å²) in [5.74, 6) is -0.260. The minimum atomic E-state index is -4.46. The third kappa shape index (κ3) is 4.32. The van der Waals surface area contributed by atoms with Crippen molar-refractivity contribution in [2.75, 3.05) is 20.3 Å². The summed E-state index contributed by atoms with van der Waals surface area (Å²) in [5, 5.41) is 6.59. The van der Waals surface area contributed by atoms with E-state index in [1.165, 1.54) is 7.05 Å². The number of hydrogen-bond donors (Lipinski definition) is 1. The molecule has 0 aliphatic rings. The number of aromatic nitrogens is 2. The highest BCUT2D eigenvalue weighted by atomic mass is 32.1. The largest absolute Gasteiger partial charge is 0.433 e. The minimum Gasteiger partial charge on any atom is -0.385 e. The summed E-state index contributed by atoms with van der Waals surface area (Å²) in [6, 6.07) is 4.15. The average molecular weight is 347 g/mol. The summed E-state index contributed by atoms with van der Waals surface area (Å²) in [6.45, 7) is 1.02. The number of methoxy groups -OCH3 is 1. The third-order valence-corrected chi connectivity index (χ3v) is 4.17. The van der Waals surface area contributed by atoms with Crippen LogP contribution in [0.25, 0.3) is 10.6 Å². The Hall–Kier alpha value is -1.87. The molecule has 0 saturated heterocycles. The number of carbonyl (C=O) groups is 1. The number of carbonyl (C=O) groups excluding carboxylic acids is 1. The Kier molecular flexibility index (Phi) is 5.42. The van der Waals surface area contributed by atoms with E-state index < -0.39 is 11.9 Å². The lowest BCUT2D eigenvalue weighted by atomic mass is 10.3. The second kappa shape index (κ2) is 7.14. The number of nitrogens with one attached hydrogen (secondary N) is 1. The maximum atomic E-state index is 12.8. The highest BCUT2D eigenvalue weighted by Gasteiger charge is 2.35. The van der Waals surface area contributed by atoms with Crippen LogP contribution in [-0.4, -0.2) is 35.9 Å². The number of ether oxygens (including phenoxy) is 1. The van der Waals surface area contributed by atoms with Crippen molar-refractivity contribution in [3.8, 4) is 10.6 Å². The lowest BCUT2D eigenvalue weighted by Crippen LogP contribution is -2.24. The molecule has 2 aromatic heterocycles. The number of thiophene rings is 1. The van der Waals surface area contributed by atoms with E-state index in [-0.39, 0.29) is 11.6 Å². The Morgan fingerprint density at radius 1 is 1.43 bits per heavy atom. The third-order valence-electron chi connectivity index (χ3n) is 3.06. The number of aryl methyl sites for hydroxylation is 1. The van der Waals surface area contributed by atoms with Gasteiger partial charge < -0.3 is 10.1 Å². The predicted octanol–water partition coefficient (Wildman–Crippen LogP) is 2.93. The highest BCUT2D eigenvalue weighted by molar-refractivity contribution is 7.17. The molecule has 126 valence electrons. The maximum Gasteiger partial charge on any atom is 0.433 e. The van der Waals surface area contributed by atoms with Crippen molar-refractivity contribution >= 4 is 17.2 Å². The Balaban J connectivity index is 2.09. The molecular weight excluding hydrogens is 331 g/mol. The molecule has 0 aromatic carbocycles. The lowest BCUT2D eigenvalue weighted by Gasteiger charge is -2.04. The van der Waals surface area contributed by atoms with E-state index in [0.717, 1.165) is 22.1 Å². The second-order valence-corrected chi connectivity index (χ2v) is 5.89. The molecular formula is C14H16F3N3O2S. The fraction of sp³-hybridized carbons (Fsp3) is 0.429. The molecule has 0 unspecified atom stereocenters. The molecule has 23 heavy (non-hydrogen) atoms. The summed E-state index contributed by atoms with van der Waals surface area (Å²) >= 11 is 1.10. The lowest BCUT2D eigenvalue weighted by molar-refractivity contribution is -0.143. The number of amides is 1. The van der Waals surface area contributed by atoms with Crippen LogP contribution in [0.3, 0.4) is 0 Å². The van der Waals surface area contributed by atoms with Crippen LogP contribution >= 0.6 is 11.3 Å². The van der Waals surface area contributed by atoms with Gasteiger partial charge in [-0.3, -0.25) is 9.48 Å². The van der Waals surface area contributed by atoms with Crippen LogP contribution in [0.2, 0.25) is 0 Å². The van der Waals surface area contributed by atoms with Gasteiger partial charge in [0.15, 0.2) is 0 Å². The summed E-state index contributed by atoms with van der Waals surface area (Å²) in [5.41, 5.74) is -0.630. The molecule has 5 nitrogen and oxygen atoms in total.